The van der Waals surface area contributed by atoms with Crippen LogP contribution in [0.15, 0.2) is 0 Å². The Bertz CT molecular complexity index is 372. The fraction of sp³-hybridized carbons (Fsp3) is 0.867. The Morgan fingerprint density at radius 2 is 2.00 bits per heavy atom. The van der Waals surface area contributed by atoms with Crippen molar-refractivity contribution in [1.82, 2.24) is 10.2 Å². The first-order chi connectivity index (χ1) is 9.51. The average molecular weight is 282 g/mol. The van der Waals surface area contributed by atoms with Crippen molar-refractivity contribution in [2.24, 2.45) is 23.7 Å². The number of carbonyl (C=O) groups excluding carboxylic acids is 1. The Labute approximate surface area is 120 Å². The number of aliphatic carboxylic acids is 1. The van der Waals surface area contributed by atoms with E-state index in [1.54, 1.807) is 0 Å². The van der Waals surface area contributed by atoms with Crippen molar-refractivity contribution in [3.05, 3.63) is 0 Å². The first-order valence-electron chi connectivity index (χ1n) is 7.74. The van der Waals surface area contributed by atoms with Crippen molar-refractivity contribution >= 4 is 11.9 Å². The van der Waals surface area contributed by atoms with Crippen molar-refractivity contribution in [2.75, 3.05) is 26.2 Å². The molecule has 114 valence electrons. The zero-order valence-corrected chi connectivity index (χ0v) is 12.5. The van der Waals surface area contributed by atoms with E-state index in [0.29, 0.717) is 31.2 Å². The molecular formula is C15H26N2O3. The molecule has 0 bridgehead atoms. The van der Waals surface area contributed by atoms with Crippen LogP contribution in [-0.4, -0.2) is 48.1 Å². The molecule has 1 saturated heterocycles. The third kappa shape index (κ3) is 3.51. The second-order valence-corrected chi connectivity index (χ2v) is 6.42. The number of likely N-dealkylation sites (tertiary alicyclic amines) is 1. The summed E-state index contributed by atoms with van der Waals surface area (Å²) in [5.41, 5.74) is 0. The summed E-state index contributed by atoms with van der Waals surface area (Å²) in [4.78, 5) is 25.8. The molecule has 0 radical (unpaired) electrons. The Balaban J connectivity index is 1.81. The summed E-state index contributed by atoms with van der Waals surface area (Å²) in [5, 5.41) is 12.2. The fourth-order valence-corrected chi connectivity index (χ4v) is 3.60. The number of hydrogen-bond donors (Lipinski definition) is 2. The second-order valence-electron chi connectivity index (χ2n) is 6.42. The molecule has 0 aromatic heterocycles. The SMILES string of the molecule is CCN1CCC(CNC(=O)C2CC(C)CC2C(=O)O)C1. The van der Waals surface area contributed by atoms with Crippen LogP contribution in [0.4, 0.5) is 0 Å². The van der Waals surface area contributed by atoms with Gasteiger partial charge >= 0.3 is 5.97 Å². The van der Waals surface area contributed by atoms with Crippen LogP contribution in [0, 0.1) is 23.7 Å². The highest BCUT2D eigenvalue weighted by molar-refractivity contribution is 5.85. The van der Waals surface area contributed by atoms with E-state index < -0.39 is 11.9 Å². The lowest BCUT2D eigenvalue weighted by Crippen LogP contribution is -2.38. The molecule has 2 rings (SSSR count). The molecule has 2 N–H and O–H groups in total. The van der Waals surface area contributed by atoms with Crippen LogP contribution in [-0.2, 0) is 9.59 Å². The summed E-state index contributed by atoms with van der Waals surface area (Å²) in [6.07, 6.45) is 2.45. The molecule has 1 aliphatic carbocycles. The summed E-state index contributed by atoms with van der Waals surface area (Å²) in [6, 6.07) is 0. The third-order valence-electron chi connectivity index (χ3n) is 4.83. The Hall–Kier alpha value is -1.10. The maximum absolute atomic E-state index is 12.2. The summed E-state index contributed by atoms with van der Waals surface area (Å²) in [5.74, 6) is -0.883. The van der Waals surface area contributed by atoms with Gasteiger partial charge in [0, 0.05) is 13.1 Å². The molecule has 20 heavy (non-hydrogen) atoms. The molecule has 4 atom stereocenters. The highest BCUT2D eigenvalue weighted by atomic mass is 16.4. The van der Waals surface area contributed by atoms with Gasteiger partial charge in [-0.2, -0.15) is 0 Å². The molecule has 1 heterocycles. The number of nitrogens with one attached hydrogen (secondary N) is 1. The molecule has 1 saturated carbocycles. The number of hydrogen-bond acceptors (Lipinski definition) is 3. The molecule has 2 fully saturated rings. The van der Waals surface area contributed by atoms with Gasteiger partial charge in [-0.15, -0.1) is 0 Å². The van der Waals surface area contributed by atoms with E-state index >= 15 is 0 Å². The topological polar surface area (TPSA) is 69.6 Å². The number of nitrogens with zero attached hydrogens (tertiary/aromatic N) is 1. The molecule has 0 aromatic carbocycles. The van der Waals surface area contributed by atoms with Crippen molar-refractivity contribution in [1.29, 1.82) is 0 Å². The van der Waals surface area contributed by atoms with Crippen molar-refractivity contribution < 1.29 is 14.7 Å². The Morgan fingerprint density at radius 3 is 2.60 bits per heavy atom. The third-order valence-corrected chi connectivity index (χ3v) is 4.83. The first-order valence-corrected chi connectivity index (χ1v) is 7.74. The number of rotatable bonds is 5. The van der Waals surface area contributed by atoms with Gasteiger partial charge in [0.2, 0.25) is 5.91 Å². The highest BCUT2D eigenvalue weighted by Crippen LogP contribution is 2.36. The van der Waals surface area contributed by atoms with E-state index in [1.165, 1.54) is 0 Å². The van der Waals surface area contributed by atoms with E-state index in [-0.39, 0.29) is 11.8 Å². The van der Waals surface area contributed by atoms with Gasteiger partial charge in [-0.1, -0.05) is 13.8 Å². The minimum atomic E-state index is -0.826. The quantitative estimate of drug-likeness (QED) is 0.795. The maximum Gasteiger partial charge on any atom is 0.307 e. The van der Waals surface area contributed by atoms with Crippen molar-refractivity contribution in [3.8, 4) is 0 Å². The lowest BCUT2D eigenvalue weighted by atomic mass is 9.95. The maximum atomic E-state index is 12.2. The van der Waals surface area contributed by atoms with Crippen LogP contribution in [0.1, 0.15) is 33.1 Å². The van der Waals surface area contributed by atoms with Gasteiger partial charge in [0.05, 0.1) is 11.8 Å². The number of carboxylic acid groups (broad SMARTS) is 1. The van der Waals surface area contributed by atoms with Gasteiger partial charge in [0.15, 0.2) is 0 Å². The van der Waals surface area contributed by atoms with Crippen molar-refractivity contribution in [3.63, 3.8) is 0 Å². The zero-order chi connectivity index (χ0) is 14.7. The van der Waals surface area contributed by atoms with Gasteiger partial charge in [0.1, 0.15) is 0 Å². The summed E-state index contributed by atoms with van der Waals surface area (Å²) < 4.78 is 0. The van der Waals surface area contributed by atoms with Crippen molar-refractivity contribution in [2.45, 2.75) is 33.1 Å². The molecule has 0 spiro atoms. The predicted molar refractivity (Wildman–Crippen MR) is 76.2 cm³/mol. The smallest absolute Gasteiger partial charge is 0.307 e. The Kier molecular flexibility index (Phi) is 5.02. The average Bonchev–Trinajstić information content (AvgIpc) is 3.02. The van der Waals surface area contributed by atoms with Gasteiger partial charge in [-0.3, -0.25) is 9.59 Å². The summed E-state index contributed by atoms with van der Waals surface area (Å²) >= 11 is 0. The van der Waals surface area contributed by atoms with Gasteiger partial charge < -0.3 is 15.3 Å². The molecule has 1 aliphatic heterocycles. The Morgan fingerprint density at radius 1 is 1.30 bits per heavy atom. The molecule has 5 heteroatoms. The molecule has 2 aliphatic rings. The zero-order valence-electron chi connectivity index (χ0n) is 12.5. The van der Waals surface area contributed by atoms with E-state index in [9.17, 15) is 14.7 Å². The lowest BCUT2D eigenvalue weighted by Gasteiger charge is -2.18. The van der Waals surface area contributed by atoms with E-state index in [0.717, 1.165) is 26.1 Å². The largest absolute Gasteiger partial charge is 0.481 e. The number of carboxylic acids is 1. The summed E-state index contributed by atoms with van der Waals surface area (Å²) in [6.45, 7) is 8.07. The molecule has 1 amide bonds. The summed E-state index contributed by atoms with van der Waals surface area (Å²) in [7, 11) is 0. The lowest BCUT2D eigenvalue weighted by molar-refractivity contribution is -0.146. The van der Waals surface area contributed by atoms with Gasteiger partial charge in [-0.05, 0) is 44.2 Å². The van der Waals surface area contributed by atoms with Crippen LogP contribution in [0.2, 0.25) is 0 Å². The standard InChI is InChI=1S/C15H26N2O3/c1-3-17-5-4-11(9-17)8-16-14(18)12-6-10(2)7-13(12)15(19)20/h10-13H,3-9H2,1-2H3,(H,16,18)(H,19,20). The van der Waals surface area contributed by atoms with E-state index in [4.69, 9.17) is 0 Å². The number of amides is 1. The normalized spacial score (nSPS) is 34.3. The van der Waals surface area contributed by atoms with Gasteiger partial charge in [0.25, 0.3) is 0 Å². The first kappa shape index (κ1) is 15.3. The van der Waals surface area contributed by atoms with Crippen LogP contribution < -0.4 is 5.32 Å². The van der Waals surface area contributed by atoms with E-state index in [2.05, 4.69) is 17.1 Å². The molecule has 0 aromatic rings. The molecule has 4 unspecified atom stereocenters. The van der Waals surface area contributed by atoms with Crippen LogP contribution in [0.3, 0.4) is 0 Å². The van der Waals surface area contributed by atoms with Crippen LogP contribution in [0.25, 0.3) is 0 Å². The van der Waals surface area contributed by atoms with Gasteiger partial charge in [-0.25, -0.2) is 0 Å². The minimum absolute atomic E-state index is 0.0586. The highest BCUT2D eigenvalue weighted by Gasteiger charge is 2.41. The minimum Gasteiger partial charge on any atom is -0.481 e. The van der Waals surface area contributed by atoms with Crippen LogP contribution in [0.5, 0.6) is 0 Å². The van der Waals surface area contributed by atoms with Crippen LogP contribution >= 0.6 is 0 Å². The molecule has 5 nitrogen and oxygen atoms in total. The number of carbonyl (C=O) groups is 2. The fourth-order valence-electron chi connectivity index (χ4n) is 3.60. The predicted octanol–water partition coefficient (Wildman–Crippen LogP) is 1.19. The second kappa shape index (κ2) is 6.57. The van der Waals surface area contributed by atoms with E-state index in [1.807, 2.05) is 6.92 Å². The monoisotopic (exact) mass is 282 g/mol. The molecular weight excluding hydrogens is 256 g/mol.